The monoisotopic (exact) mass is 358 g/mol. The molecule has 0 fully saturated rings. The maximum atomic E-state index is 11.9. The van der Waals surface area contributed by atoms with Crippen molar-refractivity contribution in [3.8, 4) is 11.8 Å². The first-order valence-corrected chi connectivity index (χ1v) is 9.95. The van der Waals surface area contributed by atoms with Gasteiger partial charge in [-0.1, -0.05) is 48.2 Å². The van der Waals surface area contributed by atoms with E-state index in [1.54, 1.807) is 36.4 Å². The Morgan fingerprint density at radius 1 is 0.583 bits per heavy atom. The molecule has 0 spiro atoms. The summed E-state index contributed by atoms with van der Waals surface area (Å²) in [5.41, 5.74) is 0. The molecule has 0 radical (unpaired) electrons. The van der Waals surface area contributed by atoms with Crippen LogP contribution in [0.1, 0.15) is 0 Å². The first kappa shape index (κ1) is 17.7. The van der Waals surface area contributed by atoms with Crippen molar-refractivity contribution in [3.05, 3.63) is 83.6 Å². The molecule has 0 saturated heterocycles. The van der Waals surface area contributed by atoms with Crippen molar-refractivity contribution < 1.29 is 16.8 Å². The highest BCUT2D eigenvalue weighted by Crippen LogP contribution is 2.11. The Balaban J connectivity index is 2.07. The lowest BCUT2D eigenvalue weighted by atomic mass is 10.4. The smallest absolute Gasteiger partial charge is 0.200 e. The Morgan fingerprint density at radius 3 is 1.25 bits per heavy atom. The van der Waals surface area contributed by atoms with Crippen molar-refractivity contribution in [2.24, 2.45) is 0 Å². The molecular formula is C18H14O4S2. The van der Waals surface area contributed by atoms with Gasteiger partial charge in [-0.25, -0.2) is 16.8 Å². The van der Waals surface area contributed by atoms with E-state index in [2.05, 4.69) is 11.8 Å². The van der Waals surface area contributed by atoms with Gasteiger partial charge in [0.05, 0.1) is 9.79 Å². The highest BCUT2D eigenvalue weighted by Gasteiger charge is 2.08. The summed E-state index contributed by atoms with van der Waals surface area (Å²) in [6.45, 7) is 0. The molecule has 2 rings (SSSR count). The van der Waals surface area contributed by atoms with Crippen molar-refractivity contribution in [1.82, 2.24) is 0 Å². The molecule has 122 valence electrons. The molecule has 0 aromatic heterocycles. The average Bonchev–Trinajstić information content (AvgIpc) is 2.59. The summed E-state index contributed by atoms with van der Waals surface area (Å²) in [6.07, 6.45) is 2.34. The number of rotatable bonds is 4. The van der Waals surface area contributed by atoms with Gasteiger partial charge in [-0.2, -0.15) is 0 Å². The summed E-state index contributed by atoms with van der Waals surface area (Å²) in [4.78, 5) is 0.343. The lowest BCUT2D eigenvalue weighted by Crippen LogP contribution is -1.95. The van der Waals surface area contributed by atoms with Gasteiger partial charge in [-0.05, 0) is 24.3 Å². The SMILES string of the molecule is O=S(=O)(/C=C\C#C/C=C/S(=O)(=O)c1ccccc1)c1ccccc1. The molecule has 0 saturated carbocycles. The molecule has 24 heavy (non-hydrogen) atoms. The molecule has 4 nitrogen and oxygen atoms in total. The van der Waals surface area contributed by atoms with Crippen LogP contribution in [0.5, 0.6) is 0 Å². The first-order valence-electron chi connectivity index (χ1n) is 6.86. The van der Waals surface area contributed by atoms with E-state index >= 15 is 0 Å². The van der Waals surface area contributed by atoms with Crippen LogP contribution in [0.25, 0.3) is 0 Å². The van der Waals surface area contributed by atoms with Gasteiger partial charge in [-0.15, -0.1) is 0 Å². The Morgan fingerprint density at radius 2 is 0.917 bits per heavy atom. The standard InChI is InChI=1S/C18H14O4S2/c19-23(20,17-11-5-3-6-12-17)15-9-1-2-10-16-24(21,22)18-13-7-4-8-14-18/h3-16H/b15-9-,16-10+. The van der Waals surface area contributed by atoms with E-state index in [0.29, 0.717) is 0 Å². The molecule has 2 aromatic rings. The minimum atomic E-state index is -3.54. The first-order chi connectivity index (χ1) is 11.4. The molecule has 6 heteroatoms. The zero-order chi connectivity index (χ0) is 17.5. The molecular weight excluding hydrogens is 344 g/mol. The molecule has 0 N–H and O–H groups in total. The van der Waals surface area contributed by atoms with Crippen molar-refractivity contribution in [2.75, 3.05) is 0 Å². The van der Waals surface area contributed by atoms with E-state index < -0.39 is 19.7 Å². The van der Waals surface area contributed by atoms with Crippen LogP contribution in [0.4, 0.5) is 0 Å². The van der Waals surface area contributed by atoms with Crippen LogP contribution in [-0.4, -0.2) is 16.8 Å². The molecule has 0 bridgehead atoms. The Labute approximate surface area is 142 Å². The molecule has 2 aromatic carbocycles. The van der Waals surface area contributed by atoms with Gasteiger partial charge in [0.1, 0.15) is 0 Å². The van der Waals surface area contributed by atoms with Gasteiger partial charge < -0.3 is 0 Å². The second-order valence-electron chi connectivity index (χ2n) is 4.61. The van der Waals surface area contributed by atoms with E-state index in [1.807, 2.05) is 0 Å². The lowest BCUT2D eigenvalue weighted by molar-refractivity contribution is 0.603. The number of benzene rings is 2. The summed E-state index contributed by atoms with van der Waals surface area (Å²) >= 11 is 0. The van der Waals surface area contributed by atoms with E-state index in [1.165, 1.54) is 36.4 Å². The van der Waals surface area contributed by atoms with Crippen LogP contribution in [0.2, 0.25) is 0 Å². The van der Waals surface area contributed by atoms with Gasteiger partial charge in [0, 0.05) is 23.0 Å². The Bertz CT molecular complexity index is 923. The summed E-state index contributed by atoms with van der Waals surface area (Å²) in [5.74, 6) is 4.95. The predicted octanol–water partition coefficient (Wildman–Crippen LogP) is 2.97. The van der Waals surface area contributed by atoms with Gasteiger partial charge >= 0.3 is 0 Å². The van der Waals surface area contributed by atoms with Gasteiger partial charge in [0.15, 0.2) is 19.7 Å². The fourth-order valence-corrected chi connectivity index (χ4v) is 3.60. The molecule has 0 atom stereocenters. The van der Waals surface area contributed by atoms with E-state index in [4.69, 9.17) is 0 Å². The van der Waals surface area contributed by atoms with Crippen LogP contribution < -0.4 is 0 Å². The van der Waals surface area contributed by atoms with Crippen LogP contribution in [-0.2, 0) is 19.7 Å². The number of hydrogen-bond acceptors (Lipinski definition) is 4. The lowest BCUT2D eigenvalue weighted by Gasteiger charge is -1.96. The maximum Gasteiger partial charge on any atom is 0.200 e. The van der Waals surface area contributed by atoms with Gasteiger partial charge in [0.2, 0.25) is 0 Å². The third-order valence-corrected chi connectivity index (χ3v) is 5.74. The minimum Gasteiger partial charge on any atom is -0.219 e. The van der Waals surface area contributed by atoms with Gasteiger partial charge in [0.25, 0.3) is 0 Å². The highest BCUT2D eigenvalue weighted by molar-refractivity contribution is 7.94. The van der Waals surface area contributed by atoms with Crippen LogP contribution in [0.15, 0.2) is 93.4 Å². The van der Waals surface area contributed by atoms with Crippen molar-refractivity contribution >= 4 is 19.7 Å². The normalized spacial score (nSPS) is 12.2. The average molecular weight is 358 g/mol. The van der Waals surface area contributed by atoms with E-state index in [9.17, 15) is 16.8 Å². The Hall–Kier alpha value is -2.62. The summed E-state index contributed by atoms with van der Waals surface area (Å²) in [7, 11) is -7.09. The second-order valence-corrected chi connectivity index (χ2v) is 8.28. The summed E-state index contributed by atoms with van der Waals surface area (Å²) < 4.78 is 47.8. The van der Waals surface area contributed by atoms with Crippen LogP contribution >= 0.6 is 0 Å². The van der Waals surface area contributed by atoms with E-state index in [0.717, 1.165) is 10.8 Å². The second kappa shape index (κ2) is 7.77. The topological polar surface area (TPSA) is 68.3 Å². The fourth-order valence-electron chi connectivity index (χ4n) is 1.72. The van der Waals surface area contributed by atoms with E-state index in [-0.39, 0.29) is 9.79 Å². The summed E-state index contributed by atoms with van der Waals surface area (Å²) in [6, 6.07) is 15.9. The van der Waals surface area contributed by atoms with Gasteiger partial charge in [-0.3, -0.25) is 0 Å². The largest absolute Gasteiger partial charge is 0.219 e. The fraction of sp³-hybridized carbons (Fsp3) is 0. The molecule has 0 amide bonds. The molecule has 0 heterocycles. The van der Waals surface area contributed by atoms with Crippen molar-refractivity contribution in [2.45, 2.75) is 9.79 Å². The van der Waals surface area contributed by atoms with Crippen LogP contribution in [0, 0.1) is 11.8 Å². The Kier molecular flexibility index (Phi) is 5.74. The molecule has 0 aliphatic heterocycles. The third kappa shape index (κ3) is 4.95. The quantitative estimate of drug-likeness (QED) is 0.788. The van der Waals surface area contributed by atoms with Crippen LogP contribution in [0.3, 0.4) is 0 Å². The third-order valence-electron chi connectivity index (χ3n) is 2.89. The molecule has 0 unspecified atom stereocenters. The zero-order valence-electron chi connectivity index (χ0n) is 12.5. The number of sulfone groups is 2. The summed E-state index contributed by atoms with van der Waals surface area (Å²) in [5, 5.41) is 1.96. The highest BCUT2D eigenvalue weighted by atomic mass is 32.2. The predicted molar refractivity (Wildman–Crippen MR) is 93.3 cm³/mol. The van der Waals surface area contributed by atoms with Crippen molar-refractivity contribution in [1.29, 1.82) is 0 Å². The number of hydrogen-bond donors (Lipinski definition) is 0. The number of allylic oxidation sites excluding steroid dienone is 2. The molecule has 0 aliphatic rings. The molecule has 0 aliphatic carbocycles. The van der Waals surface area contributed by atoms with Crippen molar-refractivity contribution in [3.63, 3.8) is 0 Å². The minimum absolute atomic E-state index is 0.172. The zero-order valence-corrected chi connectivity index (χ0v) is 14.2. The maximum absolute atomic E-state index is 11.9.